The number of rotatable bonds is 9. The molecular weight excluding hydrogens is 454 g/mol. The molecule has 0 amide bonds. The Morgan fingerprint density at radius 2 is 1.63 bits per heavy atom. The summed E-state index contributed by atoms with van der Waals surface area (Å²) in [6.07, 6.45) is 0. The number of ether oxygens (including phenoxy) is 5. The molecule has 0 unspecified atom stereocenters. The van der Waals surface area contributed by atoms with E-state index in [0.29, 0.717) is 45.0 Å². The zero-order valence-corrected chi connectivity index (χ0v) is 20.5. The number of hydrogen-bond acceptors (Lipinski definition) is 9. The number of carbonyl (C=O) groups is 2. The second-order valence-electron chi connectivity index (χ2n) is 7.58. The summed E-state index contributed by atoms with van der Waals surface area (Å²) in [5.41, 5.74) is 1.51. The SMILES string of the molecule is COc1cc(C(=O)c2n[nH]c3c(C#CCOC(=O)CN(C)C)c(OC)ccc23)cc(OC)c1OC. The number of esters is 1. The van der Waals surface area contributed by atoms with Crippen molar-refractivity contribution < 1.29 is 33.3 Å². The Morgan fingerprint density at radius 1 is 0.971 bits per heavy atom. The van der Waals surface area contributed by atoms with E-state index in [2.05, 4.69) is 22.0 Å². The van der Waals surface area contributed by atoms with Crippen LogP contribution in [0, 0.1) is 11.8 Å². The summed E-state index contributed by atoms with van der Waals surface area (Å²) < 4.78 is 26.6. The molecule has 10 heteroatoms. The van der Waals surface area contributed by atoms with Crippen LogP contribution in [0.5, 0.6) is 23.0 Å². The molecule has 3 rings (SSSR count). The number of aromatic amines is 1. The van der Waals surface area contributed by atoms with Gasteiger partial charge in [-0.1, -0.05) is 11.8 Å². The van der Waals surface area contributed by atoms with Crippen LogP contribution in [0.25, 0.3) is 10.9 Å². The van der Waals surface area contributed by atoms with Crippen LogP contribution >= 0.6 is 0 Å². The molecule has 0 bridgehead atoms. The van der Waals surface area contributed by atoms with Gasteiger partial charge in [0.15, 0.2) is 18.1 Å². The van der Waals surface area contributed by atoms with Gasteiger partial charge in [-0.2, -0.15) is 5.10 Å². The Bertz CT molecular complexity index is 1280. The predicted molar refractivity (Wildman–Crippen MR) is 129 cm³/mol. The van der Waals surface area contributed by atoms with Crippen molar-refractivity contribution in [2.75, 3.05) is 55.7 Å². The van der Waals surface area contributed by atoms with Gasteiger partial charge < -0.3 is 23.7 Å². The summed E-state index contributed by atoms with van der Waals surface area (Å²) in [4.78, 5) is 26.8. The lowest BCUT2D eigenvalue weighted by Gasteiger charge is -2.13. The third-order valence-electron chi connectivity index (χ3n) is 5.03. The molecule has 3 aromatic rings. The monoisotopic (exact) mass is 481 g/mol. The largest absolute Gasteiger partial charge is 0.495 e. The Morgan fingerprint density at radius 3 is 2.20 bits per heavy atom. The van der Waals surface area contributed by atoms with Crippen LogP contribution < -0.4 is 18.9 Å². The first-order valence-corrected chi connectivity index (χ1v) is 10.5. The molecule has 35 heavy (non-hydrogen) atoms. The van der Waals surface area contributed by atoms with Gasteiger partial charge >= 0.3 is 5.97 Å². The molecule has 10 nitrogen and oxygen atoms in total. The second kappa shape index (κ2) is 11.3. The van der Waals surface area contributed by atoms with Crippen LogP contribution in [-0.2, 0) is 9.53 Å². The minimum absolute atomic E-state index is 0.0857. The van der Waals surface area contributed by atoms with Gasteiger partial charge in [0.25, 0.3) is 0 Å². The number of hydrogen-bond donors (Lipinski definition) is 1. The third-order valence-corrected chi connectivity index (χ3v) is 5.03. The van der Waals surface area contributed by atoms with E-state index in [1.807, 2.05) is 0 Å². The summed E-state index contributed by atoms with van der Waals surface area (Å²) in [7, 11) is 9.50. The maximum absolute atomic E-state index is 13.4. The molecule has 0 fully saturated rings. The van der Waals surface area contributed by atoms with Crippen molar-refractivity contribution >= 4 is 22.7 Å². The van der Waals surface area contributed by atoms with Crippen LogP contribution in [0.3, 0.4) is 0 Å². The van der Waals surface area contributed by atoms with Gasteiger partial charge in [0, 0.05) is 10.9 Å². The van der Waals surface area contributed by atoms with Crippen molar-refractivity contribution in [3.05, 3.63) is 41.1 Å². The zero-order valence-electron chi connectivity index (χ0n) is 20.5. The highest BCUT2D eigenvalue weighted by atomic mass is 16.5. The number of likely N-dealkylation sites (N-methyl/N-ethyl adjacent to an activating group) is 1. The van der Waals surface area contributed by atoms with Crippen molar-refractivity contribution in [1.29, 1.82) is 0 Å². The lowest BCUT2D eigenvalue weighted by molar-refractivity contribution is -0.142. The molecule has 0 spiro atoms. The molecule has 0 saturated heterocycles. The fourth-order valence-corrected chi connectivity index (χ4v) is 3.43. The van der Waals surface area contributed by atoms with Gasteiger partial charge in [0.1, 0.15) is 11.4 Å². The maximum Gasteiger partial charge on any atom is 0.321 e. The van der Waals surface area contributed by atoms with Crippen LogP contribution in [0.2, 0.25) is 0 Å². The molecule has 0 atom stereocenters. The van der Waals surface area contributed by atoms with Gasteiger partial charge in [-0.15, -0.1) is 0 Å². The Balaban J connectivity index is 1.98. The van der Waals surface area contributed by atoms with E-state index in [1.54, 1.807) is 43.3 Å². The summed E-state index contributed by atoms with van der Waals surface area (Å²) in [6.45, 7) is 0.0745. The zero-order chi connectivity index (χ0) is 25.5. The first kappa shape index (κ1) is 25.4. The second-order valence-corrected chi connectivity index (χ2v) is 7.58. The van der Waals surface area contributed by atoms with Gasteiger partial charge in [0.2, 0.25) is 11.5 Å². The van der Waals surface area contributed by atoms with E-state index in [1.165, 1.54) is 28.4 Å². The van der Waals surface area contributed by atoms with Crippen LogP contribution in [-0.4, -0.2) is 82.5 Å². The fourth-order valence-electron chi connectivity index (χ4n) is 3.43. The van der Waals surface area contributed by atoms with Crippen LogP contribution in [0.15, 0.2) is 24.3 Å². The highest BCUT2D eigenvalue weighted by Gasteiger charge is 2.23. The smallest absolute Gasteiger partial charge is 0.321 e. The van der Waals surface area contributed by atoms with Crippen molar-refractivity contribution in [1.82, 2.24) is 15.1 Å². The van der Waals surface area contributed by atoms with E-state index < -0.39 is 0 Å². The number of aromatic nitrogens is 2. The highest BCUT2D eigenvalue weighted by molar-refractivity contribution is 6.16. The van der Waals surface area contributed by atoms with E-state index in [4.69, 9.17) is 23.7 Å². The lowest BCUT2D eigenvalue weighted by atomic mass is 10.0. The number of methoxy groups -OCH3 is 4. The Kier molecular flexibility index (Phi) is 8.17. The quantitative estimate of drug-likeness (QED) is 0.279. The summed E-state index contributed by atoms with van der Waals surface area (Å²) in [5, 5.41) is 7.69. The molecular formula is C25H27N3O7. The Hall–Kier alpha value is -4.23. The standard InChI is InChI=1S/C25H27N3O7/c1-28(2)14-21(29)35-11-7-8-16-18(31-3)10-9-17-22(16)26-27-23(17)24(30)15-12-19(32-4)25(34-6)20(13-15)33-5/h9-10,12-13H,11,14H2,1-6H3,(H,26,27). The summed E-state index contributed by atoms with van der Waals surface area (Å²) >= 11 is 0. The minimum atomic E-state index is -0.380. The maximum atomic E-state index is 13.4. The topological polar surface area (TPSA) is 112 Å². The minimum Gasteiger partial charge on any atom is -0.495 e. The number of nitrogens with zero attached hydrogens (tertiary/aromatic N) is 2. The summed E-state index contributed by atoms with van der Waals surface area (Å²) in [5.74, 6) is 6.61. The van der Waals surface area contributed by atoms with Gasteiger partial charge in [-0.25, -0.2) is 0 Å². The average molecular weight is 482 g/mol. The molecule has 0 saturated carbocycles. The molecule has 1 heterocycles. The lowest BCUT2D eigenvalue weighted by Crippen LogP contribution is -2.23. The number of benzene rings is 2. The molecule has 2 aromatic carbocycles. The van der Waals surface area contributed by atoms with Crippen LogP contribution in [0.4, 0.5) is 0 Å². The van der Waals surface area contributed by atoms with Gasteiger partial charge in [-0.05, 0) is 38.4 Å². The van der Waals surface area contributed by atoms with Crippen molar-refractivity contribution in [2.45, 2.75) is 0 Å². The number of carbonyl (C=O) groups excluding carboxylic acids is 2. The summed E-state index contributed by atoms with van der Waals surface area (Å²) in [6, 6.07) is 6.56. The third kappa shape index (κ3) is 5.47. The number of fused-ring (bicyclic) bond motifs is 1. The predicted octanol–water partition coefficient (Wildman–Crippen LogP) is 2.28. The number of H-pyrrole nitrogens is 1. The van der Waals surface area contributed by atoms with E-state index in [-0.39, 0.29) is 30.6 Å². The van der Waals surface area contributed by atoms with E-state index in [0.717, 1.165) is 0 Å². The Labute approximate surface area is 203 Å². The number of nitrogens with one attached hydrogen (secondary N) is 1. The van der Waals surface area contributed by atoms with E-state index >= 15 is 0 Å². The van der Waals surface area contributed by atoms with Crippen molar-refractivity contribution in [3.8, 4) is 34.8 Å². The van der Waals surface area contributed by atoms with Crippen molar-refractivity contribution in [3.63, 3.8) is 0 Å². The highest BCUT2D eigenvalue weighted by Crippen LogP contribution is 2.39. The molecule has 1 aromatic heterocycles. The van der Waals surface area contributed by atoms with Gasteiger partial charge in [0.05, 0.1) is 46.1 Å². The number of ketones is 1. The molecule has 0 aliphatic carbocycles. The van der Waals surface area contributed by atoms with Crippen LogP contribution in [0.1, 0.15) is 21.6 Å². The van der Waals surface area contributed by atoms with Gasteiger partial charge in [-0.3, -0.25) is 19.6 Å². The fraction of sp³-hybridized carbons (Fsp3) is 0.320. The average Bonchev–Trinajstić information content (AvgIpc) is 3.28. The van der Waals surface area contributed by atoms with E-state index in [9.17, 15) is 9.59 Å². The molecule has 0 radical (unpaired) electrons. The normalized spacial score (nSPS) is 10.5. The first-order valence-electron chi connectivity index (χ1n) is 10.5. The van der Waals surface area contributed by atoms with Crippen molar-refractivity contribution in [2.24, 2.45) is 0 Å². The molecule has 0 aliphatic heterocycles. The molecule has 1 N–H and O–H groups in total. The first-order chi connectivity index (χ1) is 16.8. The molecule has 184 valence electrons. The molecule has 0 aliphatic rings.